The average Bonchev–Trinajstić information content (AvgIpc) is 3.33. The third-order valence-corrected chi connectivity index (χ3v) is 5.82. The number of aromatic nitrogens is 1. The number of hydrogen-bond acceptors (Lipinski definition) is 7. The second-order valence-corrected chi connectivity index (χ2v) is 8.11. The average molecular weight is 385 g/mol. The minimum Gasteiger partial charge on any atom is -0.454 e. The number of hydrogen-bond donors (Lipinski definition) is 1. The lowest BCUT2D eigenvalue weighted by Crippen LogP contribution is -2.61. The fraction of sp³-hybridized carbons (Fsp3) is 0.571. The van der Waals surface area contributed by atoms with Crippen LogP contribution in [0.2, 0.25) is 0 Å². The topological polar surface area (TPSA) is 69.0 Å². The van der Waals surface area contributed by atoms with Crippen molar-refractivity contribution in [1.29, 1.82) is 0 Å². The van der Waals surface area contributed by atoms with E-state index < -0.39 is 0 Å². The third-order valence-electron chi connectivity index (χ3n) is 5.82. The van der Waals surface area contributed by atoms with Crippen molar-refractivity contribution in [3.63, 3.8) is 0 Å². The summed E-state index contributed by atoms with van der Waals surface area (Å²) in [4.78, 5) is 2.45. The Morgan fingerprint density at radius 2 is 1.89 bits per heavy atom. The lowest BCUT2D eigenvalue weighted by molar-refractivity contribution is -0.0755. The largest absolute Gasteiger partial charge is 0.454 e. The van der Waals surface area contributed by atoms with Crippen molar-refractivity contribution in [1.82, 2.24) is 15.4 Å². The molecule has 3 aliphatic rings. The van der Waals surface area contributed by atoms with Crippen molar-refractivity contribution in [3.8, 4) is 11.5 Å². The lowest BCUT2D eigenvalue weighted by atomic mass is 9.90. The van der Waals surface area contributed by atoms with Gasteiger partial charge in [0.25, 0.3) is 0 Å². The normalized spacial score (nSPS) is 20.9. The molecule has 0 radical (unpaired) electrons. The maximum Gasteiger partial charge on any atom is 0.231 e. The second kappa shape index (κ2) is 7.73. The van der Waals surface area contributed by atoms with E-state index in [1.54, 1.807) is 0 Å². The van der Waals surface area contributed by atoms with Crippen LogP contribution in [-0.2, 0) is 24.2 Å². The first-order valence-electron chi connectivity index (χ1n) is 10.2. The van der Waals surface area contributed by atoms with E-state index >= 15 is 0 Å². The third kappa shape index (κ3) is 3.87. The Balaban J connectivity index is 1.19. The summed E-state index contributed by atoms with van der Waals surface area (Å²) in [6.07, 6.45) is 4.72. The highest BCUT2D eigenvalue weighted by Gasteiger charge is 2.39. The summed E-state index contributed by atoms with van der Waals surface area (Å²) in [6.45, 7) is 5.60. The van der Waals surface area contributed by atoms with Gasteiger partial charge in [-0.1, -0.05) is 17.6 Å². The van der Waals surface area contributed by atoms with Gasteiger partial charge in [0, 0.05) is 19.0 Å². The van der Waals surface area contributed by atoms with Gasteiger partial charge in [0.05, 0.1) is 31.0 Å². The second-order valence-electron chi connectivity index (χ2n) is 8.11. The smallest absolute Gasteiger partial charge is 0.231 e. The molecule has 2 aromatic rings. The van der Waals surface area contributed by atoms with Gasteiger partial charge >= 0.3 is 0 Å². The van der Waals surface area contributed by atoms with Crippen LogP contribution in [0.15, 0.2) is 28.8 Å². The highest BCUT2D eigenvalue weighted by molar-refractivity contribution is 5.44. The summed E-state index contributed by atoms with van der Waals surface area (Å²) >= 11 is 0. The summed E-state index contributed by atoms with van der Waals surface area (Å²) in [7, 11) is 0. The van der Waals surface area contributed by atoms with Crippen LogP contribution in [0, 0.1) is 0 Å². The Hall–Kier alpha value is -2.09. The van der Waals surface area contributed by atoms with E-state index in [4.69, 9.17) is 18.7 Å². The maximum absolute atomic E-state index is 5.60. The molecule has 3 aliphatic heterocycles. The zero-order valence-electron chi connectivity index (χ0n) is 16.1. The highest BCUT2D eigenvalue weighted by Crippen LogP contribution is 2.33. The molecule has 0 bridgehead atoms. The molecule has 0 aliphatic carbocycles. The molecular weight excluding hydrogens is 358 g/mol. The minimum atomic E-state index is -0.0877. The summed E-state index contributed by atoms with van der Waals surface area (Å²) in [5.74, 6) is 2.59. The Morgan fingerprint density at radius 3 is 2.71 bits per heavy atom. The number of ether oxygens (including phenoxy) is 3. The van der Waals surface area contributed by atoms with Crippen molar-refractivity contribution in [3.05, 3.63) is 41.3 Å². The van der Waals surface area contributed by atoms with Crippen molar-refractivity contribution >= 4 is 0 Å². The number of likely N-dealkylation sites (tertiary alicyclic amines) is 1. The predicted octanol–water partition coefficient (Wildman–Crippen LogP) is 2.49. The number of benzene rings is 1. The van der Waals surface area contributed by atoms with Crippen molar-refractivity contribution in [2.24, 2.45) is 0 Å². The molecule has 150 valence electrons. The molecule has 7 heteroatoms. The summed E-state index contributed by atoms with van der Waals surface area (Å²) < 4.78 is 22.0. The van der Waals surface area contributed by atoms with E-state index in [1.807, 2.05) is 12.1 Å². The van der Waals surface area contributed by atoms with Crippen LogP contribution in [0.5, 0.6) is 11.5 Å². The molecule has 28 heavy (non-hydrogen) atoms. The first kappa shape index (κ1) is 18.0. The number of nitrogens with zero attached hydrogens (tertiary/aromatic N) is 2. The Bertz CT molecular complexity index is 812. The van der Waals surface area contributed by atoms with Crippen LogP contribution in [0.4, 0.5) is 0 Å². The van der Waals surface area contributed by atoms with Crippen molar-refractivity contribution in [2.75, 3.05) is 33.1 Å². The summed E-state index contributed by atoms with van der Waals surface area (Å²) in [5, 5.41) is 7.98. The number of fused-ring (bicyclic) bond motifs is 1. The molecule has 7 nitrogen and oxygen atoms in total. The van der Waals surface area contributed by atoms with Gasteiger partial charge in [0.1, 0.15) is 0 Å². The van der Waals surface area contributed by atoms with Crippen LogP contribution < -0.4 is 14.8 Å². The molecular formula is C21H27N3O4. The number of piperidine rings is 1. The van der Waals surface area contributed by atoms with Crippen molar-refractivity contribution in [2.45, 2.75) is 44.3 Å². The molecule has 5 rings (SSSR count). The standard InChI is InChI=1S/C21H27N3O4/c1-2-6-24(7-3-1)12-18-9-17(23-28-18)10-21(13-25-14-21)22-11-16-4-5-19-20(8-16)27-15-26-19/h4-5,8-9,22H,1-3,6-7,10-15H2. The van der Waals surface area contributed by atoms with Crippen LogP contribution in [-0.4, -0.2) is 48.7 Å². The fourth-order valence-corrected chi connectivity index (χ4v) is 4.15. The van der Waals surface area contributed by atoms with Gasteiger partial charge in [-0.15, -0.1) is 0 Å². The zero-order valence-corrected chi connectivity index (χ0v) is 16.1. The van der Waals surface area contributed by atoms with E-state index in [0.717, 1.165) is 55.6 Å². The molecule has 0 unspecified atom stereocenters. The SMILES string of the molecule is c1cc2c(cc1CNC1(Cc3cc(CN4CCCCC4)on3)COC1)OCO2. The highest BCUT2D eigenvalue weighted by atomic mass is 16.7. The van der Waals surface area contributed by atoms with Gasteiger partial charge in [0.15, 0.2) is 17.3 Å². The number of nitrogens with one attached hydrogen (secondary N) is 1. The first-order chi connectivity index (χ1) is 13.8. The van der Waals surface area contributed by atoms with Crippen molar-refractivity contribution < 1.29 is 18.7 Å². The van der Waals surface area contributed by atoms with Crippen LogP contribution in [0.3, 0.4) is 0 Å². The Morgan fingerprint density at radius 1 is 1.04 bits per heavy atom. The van der Waals surface area contributed by atoms with Gasteiger partial charge in [-0.05, 0) is 43.6 Å². The Kier molecular flexibility index (Phi) is 4.96. The zero-order chi connectivity index (χ0) is 18.8. The van der Waals surface area contributed by atoms with E-state index in [0.29, 0.717) is 20.0 Å². The fourth-order valence-electron chi connectivity index (χ4n) is 4.15. The van der Waals surface area contributed by atoms with Crippen LogP contribution >= 0.6 is 0 Å². The molecule has 1 aromatic heterocycles. The predicted molar refractivity (Wildman–Crippen MR) is 102 cm³/mol. The Labute approximate surface area is 164 Å². The minimum absolute atomic E-state index is 0.0877. The molecule has 4 heterocycles. The molecule has 1 aromatic carbocycles. The van der Waals surface area contributed by atoms with E-state index in [1.165, 1.54) is 24.8 Å². The first-order valence-corrected chi connectivity index (χ1v) is 10.2. The molecule has 2 fully saturated rings. The van der Waals surface area contributed by atoms with Gasteiger partial charge in [-0.25, -0.2) is 0 Å². The van der Waals surface area contributed by atoms with E-state index in [2.05, 4.69) is 27.5 Å². The summed E-state index contributed by atoms with van der Waals surface area (Å²) in [6, 6.07) is 8.18. The molecule has 0 atom stereocenters. The molecule has 0 saturated carbocycles. The monoisotopic (exact) mass is 385 g/mol. The van der Waals surface area contributed by atoms with Crippen LogP contribution in [0.1, 0.15) is 36.3 Å². The molecule has 0 amide bonds. The number of rotatable bonds is 7. The van der Waals surface area contributed by atoms with E-state index in [-0.39, 0.29) is 5.54 Å². The maximum atomic E-state index is 5.60. The van der Waals surface area contributed by atoms with Gasteiger partial charge < -0.3 is 24.1 Å². The van der Waals surface area contributed by atoms with Crippen LogP contribution in [0.25, 0.3) is 0 Å². The van der Waals surface area contributed by atoms with E-state index in [9.17, 15) is 0 Å². The molecule has 0 spiro atoms. The molecule has 1 N–H and O–H groups in total. The molecule has 2 saturated heterocycles. The van der Waals surface area contributed by atoms with Gasteiger partial charge in [-0.3, -0.25) is 4.90 Å². The summed E-state index contributed by atoms with van der Waals surface area (Å²) in [5.41, 5.74) is 2.07. The quantitative estimate of drug-likeness (QED) is 0.785. The van der Waals surface area contributed by atoms with Gasteiger partial charge in [-0.2, -0.15) is 0 Å². The lowest BCUT2D eigenvalue weighted by Gasteiger charge is -2.42. The van der Waals surface area contributed by atoms with Gasteiger partial charge in [0.2, 0.25) is 6.79 Å².